The molecule has 2 bridgehead atoms. The number of carbonyl (C=O) groups excluding carboxylic acids is 1. The number of piperidine rings is 1. The Morgan fingerprint density at radius 1 is 1.03 bits per heavy atom. The predicted molar refractivity (Wildman–Crippen MR) is 129 cm³/mol. The van der Waals surface area contributed by atoms with Crippen molar-refractivity contribution in [2.24, 2.45) is 16.7 Å². The van der Waals surface area contributed by atoms with Gasteiger partial charge in [0.25, 0.3) is 0 Å². The Labute approximate surface area is 190 Å². The van der Waals surface area contributed by atoms with E-state index >= 15 is 0 Å². The summed E-state index contributed by atoms with van der Waals surface area (Å²) >= 11 is 0. The van der Waals surface area contributed by atoms with E-state index < -0.39 is 0 Å². The van der Waals surface area contributed by atoms with Crippen LogP contribution in [0.3, 0.4) is 0 Å². The van der Waals surface area contributed by atoms with E-state index in [1.807, 2.05) is 0 Å². The van der Waals surface area contributed by atoms with Crippen LogP contribution in [0.2, 0.25) is 0 Å². The molecule has 1 aromatic rings. The largest absolute Gasteiger partial charge is 0.372 e. The zero-order chi connectivity index (χ0) is 22.2. The molecule has 3 fully saturated rings. The molecule has 1 amide bonds. The highest BCUT2D eigenvalue weighted by Gasteiger charge is 2.51. The summed E-state index contributed by atoms with van der Waals surface area (Å²) in [5.74, 6) is 0.682. The van der Waals surface area contributed by atoms with Gasteiger partial charge < -0.3 is 9.80 Å². The average molecular weight is 426 g/mol. The second-order valence-electron chi connectivity index (χ2n) is 11.6. The Morgan fingerprint density at radius 3 is 2.29 bits per heavy atom. The lowest BCUT2D eigenvalue weighted by molar-refractivity contribution is -0.138. The monoisotopic (exact) mass is 425 g/mol. The van der Waals surface area contributed by atoms with E-state index in [9.17, 15) is 4.79 Å². The second kappa shape index (κ2) is 8.77. The van der Waals surface area contributed by atoms with Gasteiger partial charge in [0.1, 0.15) is 0 Å². The maximum atomic E-state index is 13.4. The molecule has 172 valence electrons. The van der Waals surface area contributed by atoms with E-state index in [1.165, 1.54) is 30.5 Å². The van der Waals surface area contributed by atoms with Gasteiger partial charge >= 0.3 is 0 Å². The quantitative estimate of drug-likeness (QED) is 0.629. The van der Waals surface area contributed by atoms with Crippen molar-refractivity contribution in [3.05, 3.63) is 29.8 Å². The van der Waals surface area contributed by atoms with E-state index in [1.54, 1.807) is 0 Å². The molecular weight excluding hydrogens is 382 g/mol. The highest BCUT2D eigenvalue weighted by molar-refractivity contribution is 5.79. The van der Waals surface area contributed by atoms with E-state index in [0.29, 0.717) is 22.8 Å². The molecule has 0 spiro atoms. The fraction of sp³-hybridized carbons (Fsp3) is 0.741. The van der Waals surface area contributed by atoms with Crippen molar-refractivity contribution in [1.82, 2.24) is 9.80 Å². The van der Waals surface area contributed by atoms with Crippen LogP contribution in [0.4, 0.5) is 5.69 Å². The summed E-state index contributed by atoms with van der Waals surface area (Å²) in [5.41, 5.74) is 3.40. The molecule has 0 radical (unpaired) electrons. The number of likely N-dealkylation sites (tertiary alicyclic amines) is 2. The van der Waals surface area contributed by atoms with Crippen LogP contribution in [0.15, 0.2) is 24.3 Å². The fourth-order valence-corrected chi connectivity index (χ4v) is 6.95. The first-order valence-electron chi connectivity index (χ1n) is 12.6. The van der Waals surface area contributed by atoms with Crippen molar-refractivity contribution in [2.75, 3.05) is 37.6 Å². The normalized spacial score (nSPS) is 28.7. The molecule has 31 heavy (non-hydrogen) atoms. The first-order chi connectivity index (χ1) is 14.7. The van der Waals surface area contributed by atoms with Crippen molar-refractivity contribution in [2.45, 2.75) is 79.3 Å². The standard InChI is InChI=1S/C27H43N3O/c1-6-29(7-2)23-10-8-21(9-11-23)18-28-14-12-22(13-15-28)25(31)30-20-27(5)17-24(30)16-26(3,4)19-27/h8-11,22,24H,6-7,12-20H2,1-5H3. The van der Waals surface area contributed by atoms with Gasteiger partial charge in [-0.05, 0) is 87.6 Å². The molecule has 3 aliphatic rings. The van der Waals surface area contributed by atoms with Gasteiger partial charge in [-0.3, -0.25) is 9.69 Å². The van der Waals surface area contributed by atoms with Crippen LogP contribution >= 0.6 is 0 Å². The Kier molecular flexibility index (Phi) is 6.40. The van der Waals surface area contributed by atoms with Gasteiger partial charge in [-0.2, -0.15) is 0 Å². The van der Waals surface area contributed by atoms with Crippen molar-refractivity contribution >= 4 is 11.6 Å². The van der Waals surface area contributed by atoms with Gasteiger partial charge in [0.05, 0.1) is 0 Å². The Hall–Kier alpha value is -1.55. The molecule has 0 aromatic heterocycles. The number of rotatable bonds is 6. The molecular formula is C27H43N3O. The maximum absolute atomic E-state index is 13.4. The van der Waals surface area contributed by atoms with Gasteiger partial charge in [0.2, 0.25) is 5.91 Å². The molecule has 4 heteroatoms. The lowest BCUT2D eigenvalue weighted by Gasteiger charge is -2.40. The third-order valence-electron chi connectivity index (χ3n) is 8.11. The number of hydrogen-bond acceptors (Lipinski definition) is 3. The molecule has 2 unspecified atom stereocenters. The van der Waals surface area contributed by atoms with Crippen LogP contribution in [0.25, 0.3) is 0 Å². The van der Waals surface area contributed by atoms with Gasteiger partial charge in [0, 0.05) is 43.8 Å². The topological polar surface area (TPSA) is 26.8 Å². The van der Waals surface area contributed by atoms with Gasteiger partial charge in [-0.25, -0.2) is 0 Å². The predicted octanol–water partition coefficient (Wildman–Crippen LogP) is 5.17. The van der Waals surface area contributed by atoms with E-state index in [-0.39, 0.29) is 5.92 Å². The van der Waals surface area contributed by atoms with Gasteiger partial charge in [-0.1, -0.05) is 32.9 Å². The van der Waals surface area contributed by atoms with Crippen molar-refractivity contribution in [3.63, 3.8) is 0 Å². The van der Waals surface area contributed by atoms with Crippen LogP contribution in [0, 0.1) is 16.7 Å². The Bertz CT molecular complexity index is 761. The molecule has 1 aliphatic carbocycles. The lowest BCUT2D eigenvalue weighted by atomic mass is 9.65. The summed E-state index contributed by atoms with van der Waals surface area (Å²) in [5, 5.41) is 0. The van der Waals surface area contributed by atoms with Crippen LogP contribution in [0.1, 0.15) is 72.3 Å². The van der Waals surface area contributed by atoms with Crippen LogP contribution in [-0.4, -0.2) is 54.5 Å². The number of fused-ring (bicyclic) bond motifs is 2. The minimum absolute atomic E-state index is 0.229. The van der Waals surface area contributed by atoms with Gasteiger partial charge in [0.15, 0.2) is 0 Å². The minimum atomic E-state index is 0.229. The summed E-state index contributed by atoms with van der Waals surface area (Å²) < 4.78 is 0. The minimum Gasteiger partial charge on any atom is -0.372 e. The summed E-state index contributed by atoms with van der Waals surface area (Å²) in [6.45, 7) is 17.7. The SMILES string of the molecule is CCN(CC)c1ccc(CN2CCC(C(=O)N3CC4(C)CC3CC(C)(C)C4)CC2)cc1. The van der Waals surface area contributed by atoms with E-state index in [0.717, 1.165) is 52.1 Å². The summed E-state index contributed by atoms with van der Waals surface area (Å²) in [7, 11) is 0. The molecule has 2 heterocycles. The second-order valence-corrected chi connectivity index (χ2v) is 11.6. The first-order valence-corrected chi connectivity index (χ1v) is 12.6. The third kappa shape index (κ3) is 4.94. The zero-order valence-corrected chi connectivity index (χ0v) is 20.5. The maximum Gasteiger partial charge on any atom is 0.226 e. The lowest BCUT2D eigenvalue weighted by Crippen LogP contribution is -2.44. The summed E-state index contributed by atoms with van der Waals surface area (Å²) in [4.78, 5) is 20.6. The molecule has 2 aliphatic heterocycles. The molecule has 0 N–H and O–H groups in total. The number of amides is 1. The number of nitrogens with zero attached hydrogens (tertiary/aromatic N) is 3. The summed E-state index contributed by atoms with van der Waals surface area (Å²) in [6, 6.07) is 9.54. The molecule has 4 nitrogen and oxygen atoms in total. The number of anilines is 1. The highest BCUT2D eigenvalue weighted by atomic mass is 16.2. The van der Waals surface area contributed by atoms with Crippen LogP contribution in [-0.2, 0) is 11.3 Å². The average Bonchev–Trinajstić information content (AvgIpc) is 2.99. The third-order valence-corrected chi connectivity index (χ3v) is 8.11. The smallest absolute Gasteiger partial charge is 0.226 e. The molecule has 2 saturated heterocycles. The fourth-order valence-electron chi connectivity index (χ4n) is 6.95. The molecule has 1 aromatic carbocycles. The van der Waals surface area contributed by atoms with Crippen molar-refractivity contribution in [3.8, 4) is 0 Å². The number of benzene rings is 1. The van der Waals surface area contributed by atoms with E-state index in [4.69, 9.17) is 0 Å². The molecule has 4 rings (SSSR count). The van der Waals surface area contributed by atoms with Crippen LogP contribution in [0.5, 0.6) is 0 Å². The van der Waals surface area contributed by atoms with E-state index in [2.05, 4.69) is 73.6 Å². The first kappa shape index (κ1) is 22.6. The highest BCUT2D eigenvalue weighted by Crippen LogP contribution is 2.52. The van der Waals surface area contributed by atoms with Crippen molar-refractivity contribution < 1.29 is 4.79 Å². The molecule has 1 saturated carbocycles. The number of hydrogen-bond donors (Lipinski definition) is 0. The molecule has 2 atom stereocenters. The van der Waals surface area contributed by atoms with Gasteiger partial charge in [-0.15, -0.1) is 0 Å². The van der Waals surface area contributed by atoms with Crippen LogP contribution < -0.4 is 4.90 Å². The number of carbonyl (C=O) groups is 1. The Balaban J connectivity index is 1.29. The Morgan fingerprint density at radius 2 is 1.68 bits per heavy atom. The van der Waals surface area contributed by atoms with Crippen molar-refractivity contribution in [1.29, 1.82) is 0 Å². The zero-order valence-electron chi connectivity index (χ0n) is 20.5. The summed E-state index contributed by atoms with van der Waals surface area (Å²) in [6.07, 6.45) is 5.67.